The van der Waals surface area contributed by atoms with Crippen molar-refractivity contribution in [2.45, 2.75) is 38.3 Å². The Morgan fingerprint density at radius 1 is 1.50 bits per heavy atom. The number of aliphatic hydroxyl groups excluding tert-OH is 1. The third-order valence-corrected chi connectivity index (χ3v) is 3.74. The lowest BCUT2D eigenvalue weighted by Gasteiger charge is -2.27. The molecule has 2 rings (SSSR count). The van der Waals surface area contributed by atoms with E-state index in [1.807, 2.05) is 25.1 Å². The molecule has 0 radical (unpaired) electrons. The molecule has 0 heterocycles. The molecule has 100 valence electrons. The zero-order valence-corrected chi connectivity index (χ0v) is 11.4. The first-order valence-electron chi connectivity index (χ1n) is 6.45. The molecule has 0 aliphatic heterocycles. The van der Waals surface area contributed by atoms with Gasteiger partial charge in [0.05, 0.1) is 0 Å². The Hall–Kier alpha value is -0.770. The van der Waals surface area contributed by atoms with Crippen molar-refractivity contribution in [3.05, 3.63) is 28.8 Å². The normalized spacial score (nSPS) is 17.3. The zero-order chi connectivity index (χ0) is 13.0. The van der Waals surface area contributed by atoms with Crippen LogP contribution >= 0.6 is 11.6 Å². The van der Waals surface area contributed by atoms with Gasteiger partial charge in [-0.3, -0.25) is 0 Å². The summed E-state index contributed by atoms with van der Waals surface area (Å²) in [5.41, 5.74) is 0.983. The molecule has 0 bridgehead atoms. The lowest BCUT2D eigenvalue weighted by Crippen LogP contribution is -2.41. The van der Waals surface area contributed by atoms with E-state index in [1.54, 1.807) is 0 Å². The summed E-state index contributed by atoms with van der Waals surface area (Å²) in [5, 5.41) is 13.8. The van der Waals surface area contributed by atoms with E-state index in [1.165, 1.54) is 19.3 Å². The second-order valence-electron chi connectivity index (χ2n) is 4.91. The molecular formula is C14H20ClNO2. The van der Waals surface area contributed by atoms with Crippen LogP contribution in [0, 0.1) is 6.92 Å². The van der Waals surface area contributed by atoms with Gasteiger partial charge in [-0.05, 0) is 43.5 Å². The summed E-state index contributed by atoms with van der Waals surface area (Å²) in [4.78, 5) is 0. The lowest BCUT2D eigenvalue weighted by molar-refractivity contribution is 0.0997. The maximum atomic E-state index is 9.79. The molecule has 1 saturated carbocycles. The molecule has 1 atom stereocenters. The number of aryl methyl sites for hydroxylation is 1. The molecule has 1 unspecified atom stereocenters. The number of hydrogen-bond acceptors (Lipinski definition) is 3. The van der Waals surface area contributed by atoms with Crippen LogP contribution in [-0.2, 0) is 0 Å². The summed E-state index contributed by atoms with van der Waals surface area (Å²) in [6.45, 7) is 2.84. The van der Waals surface area contributed by atoms with Crippen LogP contribution in [0.4, 0.5) is 0 Å². The Morgan fingerprint density at radius 3 is 2.89 bits per heavy atom. The Balaban J connectivity index is 1.70. The summed E-state index contributed by atoms with van der Waals surface area (Å²) in [5.74, 6) is 0.750. The molecule has 0 saturated heterocycles. The predicted molar refractivity (Wildman–Crippen MR) is 73.3 cm³/mol. The molecule has 2 N–H and O–H groups in total. The van der Waals surface area contributed by atoms with Crippen LogP contribution in [0.25, 0.3) is 0 Å². The van der Waals surface area contributed by atoms with Crippen molar-refractivity contribution < 1.29 is 9.84 Å². The van der Waals surface area contributed by atoms with Gasteiger partial charge >= 0.3 is 0 Å². The standard InChI is InChI=1S/C14H20ClNO2/c1-10-7-13(5-6-14(10)15)18-9-12(17)8-16-11-3-2-4-11/h5-7,11-12,16-17H,2-4,8-9H2,1H3. The molecule has 0 spiro atoms. The monoisotopic (exact) mass is 269 g/mol. The number of aliphatic hydroxyl groups is 1. The first-order valence-corrected chi connectivity index (χ1v) is 6.83. The van der Waals surface area contributed by atoms with Crippen molar-refractivity contribution in [1.82, 2.24) is 5.32 Å². The van der Waals surface area contributed by atoms with Crippen molar-refractivity contribution in [3.63, 3.8) is 0 Å². The van der Waals surface area contributed by atoms with Gasteiger partial charge in [0.2, 0.25) is 0 Å². The third-order valence-electron chi connectivity index (χ3n) is 3.32. The van der Waals surface area contributed by atoms with Crippen molar-refractivity contribution in [2.24, 2.45) is 0 Å². The molecule has 1 aromatic rings. The minimum absolute atomic E-state index is 0.306. The molecule has 4 heteroatoms. The van der Waals surface area contributed by atoms with Gasteiger partial charge in [-0.2, -0.15) is 0 Å². The summed E-state index contributed by atoms with van der Waals surface area (Å²) in [6.07, 6.45) is 3.28. The van der Waals surface area contributed by atoms with Crippen molar-refractivity contribution in [1.29, 1.82) is 0 Å². The van der Waals surface area contributed by atoms with E-state index in [2.05, 4.69) is 5.32 Å². The van der Waals surface area contributed by atoms with E-state index in [4.69, 9.17) is 16.3 Å². The topological polar surface area (TPSA) is 41.5 Å². The molecule has 0 aromatic heterocycles. The van der Waals surface area contributed by atoms with Crippen LogP contribution in [0.1, 0.15) is 24.8 Å². The summed E-state index contributed by atoms with van der Waals surface area (Å²) < 4.78 is 5.54. The van der Waals surface area contributed by atoms with E-state index in [0.717, 1.165) is 16.3 Å². The molecule has 1 aliphatic carbocycles. The van der Waals surface area contributed by atoms with Gasteiger partial charge < -0.3 is 15.2 Å². The molecule has 1 aromatic carbocycles. The summed E-state index contributed by atoms with van der Waals surface area (Å²) in [7, 11) is 0. The average Bonchev–Trinajstić information content (AvgIpc) is 2.29. The molecule has 0 amide bonds. The largest absolute Gasteiger partial charge is 0.491 e. The molecule has 1 aliphatic rings. The van der Waals surface area contributed by atoms with Crippen molar-refractivity contribution in [3.8, 4) is 5.75 Å². The van der Waals surface area contributed by atoms with E-state index in [9.17, 15) is 5.11 Å². The summed E-state index contributed by atoms with van der Waals surface area (Å²) >= 11 is 5.94. The van der Waals surface area contributed by atoms with Crippen molar-refractivity contribution in [2.75, 3.05) is 13.2 Å². The highest BCUT2D eigenvalue weighted by Crippen LogP contribution is 2.21. The van der Waals surface area contributed by atoms with Crippen LogP contribution in [0.2, 0.25) is 5.02 Å². The van der Waals surface area contributed by atoms with Crippen LogP contribution in [0.15, 0.2) is 18.2 Å². The number of rotatable bonds is 6. The van der Waals surface area contributed by atoms with Gasteiger partial charge in [0, 0.05) is 17.6 Å². The van der Waals surface area contributed by atoms with Crippen LogP contribution in [-0.4, -0.2) is 30.4 Å². The van der Waals surface area contributed by atoms with Gasteiger partial charge in [0.25, 0.3) is 0 Å². The highest BCUT2D eigenvalue weighted by Gasteiger charge is 2.17. The Labute approximate surface area is 113 Å². The molecule has 18 heavy (non-hydrogen) atoms. The number of halogens is 1. The number of nitrogens with one attached hydrogen (secondary N) is 1. The lowest BCUT2D eigenvalue weighted by atomic mass is 9.93. The molecule has 3 nitrogen and oxygen atoms in total. The Bertz CT molecular complexity index is 393. The van der Waals surface area contributed by atoms with Crippen LogP contribution in [0.5, 0.6) is 5.75 Å². The minimum Gasteiger partial charge on any atom is -0.491 e. The maximum absolute atomic E-state index is 9.79. The fourth-order valence-electron chi connectivity index (χ4n) is 1.87. The van der Waals surface area contributed by atoms with E-state index < -0.39 is 6.10 Å². The molecule has 1 fully saturated rings. The molecular weight excluding hydrogens is 250 g/mol. The van der Waals surface area contributed by atoms with Gasteiger partial charge in [-0.25, -0.2) is 0 Å². The first-order chi connectivity index (χ1) is 8.65. The van der Waals surface area contributed by atoms with Gasteiger partial charge in [0.1, 0.15) is 18.5 Å². The highest BCUT2D eigenvalue weighted by molar-refractivity contribution is 6.31. The minimum atomic E-state index is -0.471. The predicted octanol–water partition coefficient (Wildman–Crippen LogP) is 2.53. The smallest absolute Gasteiger partial charge is 0.119 e. The quantitative estimate of drug-likeness (QED) is 0.834. The Morgan fingerprint density at radius 2 is 2.28 bits per heavy atom. The highest BCUT2D eigenvalue weighted by atomic mass is 35.5. The van der Waals surface area contributed by atoms with Crippen LogP contribution < -0.4 is 10.1 Å². The second kappa shape index (κ2) is 6.41. The zero-order valence-electron chi connectivity index (χ0n) is 10.7. The number of ether oxygens (including phenoxy) is 1. The summed E-state index contributed by atoms with van der Waals surface area (Å²) in [6, 6.07) is 6.11. The van der Waals surface area contributed by atoms with Gasteiger partial charge in [0.15, 0.2) is 0 Å². The van der Waals surface area contributed by atoms with Crippen molar-refractivity contribution >= 4 is 11.6 Å². The van der Waals surface area contributed by atoms with E-state index in [-0.39, 0.29) is 0 Å². The third kappa shape index (κ3) is 3.87. The first kappa shape index (κ1) is 13.7. The Kier molecular flexibility index (Phi) is 4.87. The van der Waals surface area contributed by atoms with E-state index in [0.29, 0.717) is 19.2 Å². The van der Waals surface area contributed by atoms with Gasteiger partial charge in [-0.15, -0.1) is 0 Å². The average molecular weight is 270 g/mol. The van der Waals surface area contributed by atoms with Gasteiger partial charge in [-0.1, -0.05) is 18.0 Å². The number of benzene rings is 1. The second-order valence-corrected chi connectivity index (χ2v) is 5.32. The fraction of sp³-hybridized carbons (Fsp3) is 0.571. The number of hydrogen-bond donors (Lipinski definition) is 2. The van der Waals surface area contributed by atoms with E-state index >= 15 is 0 Å². The fourth-order valence-corrected chi connectivity index (χ4v) is 1.99. The maximum Gasteiger partial charge on any atom is 0.119 e. The SMILES string of the molecule is Cc1cc(OCC(O)CNC2CCC2)ccc1Cl. The van der Waals surface area contributed by atoms with Crippen LogP contribution in [0.3, 0.4) is 0 Å².